The fraction of sp³-hybridized carbons (Fsp3) is 0.167. The zero-order valence-electron chi connectivity index (χ0n) is 14.9. The van der Waals surface area contributed by atoms with Gasteiger partial charge in [0.15, 0.2) is 0 Å². The van der Waals surface area contributed by atoms with Crippen LogP contribution in [0.2, 0.25) is 0 Å². The van der Waals surface area contributed by atoms with Gasteiger partial charge < -0.3 is 0 Å². The summed E-state index contributed by atoms with van der Waals surface area (Å²) in [6.45, 7) is 8.63. The van der Waals surface area contributed by atoms with E-state index in [9.17, 15) is 0 Å². The molecule has 0 N–H and O–H groups in total. The van der Waals surface area contributed by atoms with E-state index in [1.807, 2.05) is 0 Å². The lowest BCUT2D eigenvalue weighted by molar-refractivity contribution is 1.32. The average Bonchev–Trinajstić information content (AvgIpc) is 2.58. The van der Waals surface area contributed by atoms with Crippen molar-refractivity contribution in [2.75, 3.05) is 0 Å². The Morgan fingerprint density at radius 2 is 1.12 bits per heavy atom. The molecule has 0 nitrogen and oxygen atoms in total. The molecule has 0 saturated heterocycles. The highest BCUT2D eigenvalue weighted by Crippen LogP contribution is 2.28. The molecule has 0 unspecified atom stereocenters. The number of hydrogen-bond donors (Lipinski definition) is 0. The van der Waals surface area contributed by atoms with Gasteiger partial charge in [-0.2, -0.15) is 0 Å². The SMILES string of the molecule is Cc1ccc(C(=Cc2cccc(C)c2C)c2ccc(C)cc2)cc1. The molecule has 3 aromatic carbocycles. The van der Waals surface area contributed by atoms with Crippen LogP contribution in [-0.2, 0) is 0 Å². The Bertz CT molecular complexity index is 815. The Morgan fingerprint density at radius 1 is 0.625 bits per heavy atom. The van der Waals surface area contributed by atoms with E-state index in [2.05, 4.69) is 101 Å². The number of aryl methyl sites for hydroxylation is 3. The van der Waals surface area contributed by atoms with E-state index < -0.39 is 0 Å². The predicted octanol–water partition coefficient (Wildman–Crippen LogP) is 6.51. The second kappa shape index (κ2) is 6.88. The van der Waals surface area contributed by atoms with Gasteiger partial charge in [-0.3, -0.25) is 0 Å². The van der Waals surface area contributed by atoms with Crippen LogP contribution in [-0.4, -0.2) is 0 Å². The summed E-state index contributed by atoms with van der Waals surface area (Å²) in [5, 5.41) is 0. The van der Waals surface area contributed by atoms with Gasteiger partial charge in [-0.05, 0) is 67.2 Å². The third-order valence-corrected chi connectivity index (χ3v) is 4.67. The largest absolute Gasteiger partial charge is 0.0614 e. The summed E-state index contributed by atoms with van der Waals surface area (Å²) >= 11 is 0. The maximum atomic E-state index is 2.32. The highest BCUT2D eigenvalue weighted by Gasteiger charge is 2.07. The molecule has 0 aliphatic heterocycles. The summed E-state index contributed by atoms with van der Waals surface area (Å²) in [4.78, 5) is 0. The van der Waals surface area contributed by atoms with E-state index in [1.54, 1.807) is 0 Å². The predicted molar refractivity (Wildman–Crippen MR) is 105 cm³/mol. The zero-order valence-corrected chi connectivity index (χ0v) is 14.9. The van der Waals surface area contributed by atoms with Gasteiger partial charge in [0.1, 0.15) is 0 Å². The maximum Gasteiger partial charge on any atom is -0.0105 e. The van der Waals surface area contributed by atoms with Gasteiger partial charge in [0.25, 0.3) is 0 Å². The molecular formula is C24H24. The minimum atomic E-state index is 1.25. The molecule has 3 rings (SSSR count). The molecule has 0 spiro atoms. The van der Waals surface area contributed by atoms with Crippen molar-refractivity contribution in [2.45, 2.75) is 27.7 Å². The molecule has 0 heteroatoms. The molecule has 0 aliphatic rings. The number of hydrogen-bond acceptors (Lipinski definition) is 0. The Morgan fingerprint density at radius 3 is 1.62 bits per heavy atom. The topological polar surface area (TPSA) is 0 Å². The van der Waals surface area contributed by atoms with Crippen LogP contribution in [0.3, 0.4) is 0 Å². The van der Waals surface area contributed by atoms with E-state index in [-0.39, 0.29) is 0 Å². The molecule has 0 radical (unpaired) electrons. The lowest BCUT2D eigenvalue weighted by Crippen LogP contribution is -1.91. The monoisotopic (exact) mass is 312 g/mol. The lowest BCUT2D eigenvalue weighted by atomic mass is 9.92. The lowest BCUT2D eigenvalue weighted by Gasteiger charge is -2.12. The van der Waals surface area contributed by atoms with Crippen molar-refractivity contribution in [3.05, 3.63) is 106 Å². The first-order valence-corrected chi connectivity index (χ1v) is 8.46. The standard InChI is InChI=1S/C24H24/c1-17-8-12-21(13-9-17)24(22-14-10-18(2)11-15-22)16-23-7-5-6-19(3)20(23)4/h5-16H,1-4H3. The third kappa shape index (κ3) is 3.49. The second-order valence-electron chi connectivity index (χ2n) is 6.58. The summed E-state index contributed by atoms with van der Waals surface area (Å²) in [5.74, 6) is 0. The van der Waals surface area contributed by atoms with Crippen molar-refractivity contribution >= 4 is 11.6 Å². The molecule has 0 atom stereocenters. The van der Waals surface area contributed by atoms with Crippen molar-refractivity contribution in [3.63, 3.8) is 0 Å². The van der Waals surface area contributed by atoms with Gasteiger partial charge in [-0.15, -0.1) is 0 Å². The molecule has 0 saturated carbocycles. The Labute approximate surface area is 145 Å². The summed E-state index contributed by atoms with van der Waals surface area (Å²) in [5.41, 5.74) is 10.3. The maximum absolute atomic E-state index is 2.32. The molecule has 120 valence electrons. The van der Waals surface area contributed by atoms with Gasteiger partial charge in [0.2, 0.25) is 0 Å². The first kappa shape index (κ1) is 16.3. The smallest absolute Gasteiger partial charge is 0.0105 e. The van der Waals surface area contributed by atoms with Crippen LogP contribution in [0.1, 0.15) is 38.9 Å². The van der Waals surface area contributed by atoms with Crippen LogP contribution >= 0.6 is 0 Å². The molecule has 0 heterocycles. The second-order valence-corrected chi connectivity index (χ2v) is 6.58. The Kier molecular flexibility index (Phi) is 4.66. The van der Waals surface area contributed by atoms with Crippen LogP contribution in [0.4, 0.5) is 0 Å². The van der Waals surface area contributed by atoms with Crippen LogP contribution in [0.5, 0.6) is 0 Å². The van der Waals surface area contributed by atoms with Gasteiger partial charge in [-0.1, -0.05) is 77.9 Å². The van der Waals surface area contributed by atoms with Crippen molar-refractivity contribution in [2.24, 2.45) is 0 Å². The highest BCUT2D eigenvalue weighted by atomic mass is 14.1. The molecular weight excluding hydrogens is 288 g/mol. The van der Waals surface area contributed by atoms with E-state index in [0.717, 1.165) is 0 Å². The molecule has 3 aromatic rings. The number of benzene rings is 3. The first-order chi connectivity index (χ1) is 11.5. The first-order valence-electron chi connectivity index (χ1n) is 8.46. The normalized spacial score (nSPS) is 10.5. The third-order valence-electron chi connectivity index (χ3n) is 4.67. The van der Waals surface area contributed by atoms with Crippen LogP contribution in [0.15, 0.2) is 66.7 Å². The van der Waals surface area contributed by atoms with Gasteiger partial charge in [0, 0.05) is 0 Å². The van der Waals surface area contributed by atoms with Crippen molar-refractivity contribution in [3.8, 4) is 0 Å². The minimum Gasteiger partial charge on any atom is -0.0614 e. The fourth-order valence-corrected chi connectivity index (χ4v) is 2.89. The van der Waals surface area contributed by atoms with E-state index in [1.165, 1.54) is 44.5 Å². The van der Waals surface area contributed by atoms with Gasteiger partial charge >= 0.3 is 0 Å². The van der Waals surface area contributed by atoms with E-state index in [0.29, 0.717) is 0 Å². The molecule has 24 heavy (non-hydrogen) atoms. The Balaban J connectivity index is 2.18. The van der Waals surface area contributed by atoms with E-state index in [4.69, 9.17) is 0 Å². The van der Waals surface area contributed by atoms with Crippen molar-refractivity contribution in [1.29, 1.82) is 0 Å². The van der Waals surface area contributed by atoms with Crippen molar-refractivity contribution in [1.82, 2.24) is 0 Å². The van der Waals surface area contributed by atoms with E-state index >= 15 is 0 Å². The zero-order chi connectivity index (χ0) is 17.1. The van der Waals surface area contributed by atoms with Gasteiger partial charge in [0.05, 0.1) is 0 Å². The molecule has 0 fully saturated rings. The summed E-state index contributed by atoms with van der Waals surface area (Å²) < 4.78 is 0. The molecule has 0 aliphatic carbocycles. The quantitative estimate of drug-likeness (QED) is 0.484. The van der Waals surface area contributed by atoms with Gasteiger partial charge in [-0.25, -0.2) is 0 Å². The number of rotatable bonds is 3. The Hall–Kier alpha value is -2.60. The highest BCUT2D eigenvalue weighted by molar-refractivity contribution is 5.92. The molecule has 0 aromatic heterocycles. The average molecular weight is 312 g/mol. The van der Waals surface area contributed by atoms with Crippen LogP contribution in [0, 0.1) is 27.7 Å². The van der Waals surface area contributed by atoms with Crippen LogP contribution < -0.4 is 0 Å². The molecule has 0 bridgehead atoms. The summed E-state index contributed by atoms with van der Waals surface area (Å²) in [6.07, 6.45) is 2.32. The summed E-state index contributed by atoms with van der Waals surface area (Å²) in [6, 6.07) is 24.1. The molecule has 0 amide bonds. The fourth-order valence-electron chi connectivity index (χ4n) is 2.89. The van der Waals surface area contributed by atoms with Crippen LogP contribution in [0.25, 0.3) is 11.6 Å². The minimum absolute atomic E-state index is 1.25. The summed E-state index contributed by atoms with van der Waals surface area (Å²) in [7, 11) is 0. The van der Waals surface area contributed by atoms with Crippen molar-refractivity contribution < 1.29 is 0 Å².